The molecule has 21 heavy (non-hydrogen) atoms. The second kappa shape index (κ2) is 8.77. The minimum Gasteiger partial charge on any atom is -0.321 e. The van der Waals surface area contributed by atoms with E-state index in [-0.39, 0.29) is 26.0 Å². The third-order valence-corrected chi connectivity index (χ3v) is 5.26. The molecule has 3 atom stereocenters. The van der Waals surface area contributed by atoms with Crippen LogP contribution < -0.4 is 10.8 Å². The van der Waals surface area contributed by atoms with Crippen molar-refractivity contribution in [3.05, 3.63) is 12.2 Å². The smallest absolute Gasteiger partial charge is 0.182 e. The van der Waals surface area contributed by atoms with Gasteiger partial charge in [0.15, 0.2) is 11.3 Å². The van der Waals surface area contributed by atoms with Crippen molar-refractivity contribution in [3.8, 4) is 0 Å². The molecule has 4 nitrogen and oxygen atoms in total. The molecule has 0 saturated heterocycles. The molecule has 1 heterocycles. The summed E-state index contributed by atoms with van der Waals surface area (Å²) in [4.78, 5) is 24.6. The fraction of sp³-hybridized carbons (Fsp3) is 0.750. The first-order valence-electron chi connectivity index (χ1n) is 7.89. The number of ketones is 1. The fourth-order valence-corrected chi connectivity index (χ4v) is 3.55. The summed E-state index contributed by atoms with van der Waals surface area (Å²) in [6.45, 7) is 5.74. The summed E-state index contributed by atoms with van der Waals surface area (Å²) in [5.74, 6) is 0.137. The monoisotopic (exact) mass is 312 g/mol. The number of hydrogen-bond donors (Lipinski definition) is 2. The molecule has 1 aliphatic rings. The van der Waals surface area contributed by atoms with Gasteiger partial charge in [-0.2, -0.15) is 0 Å². The Morgan fingerprint density at radius 1 is 1.38 bits per heavy atom. The Labute approximate surface area is 130 Å². The molecule has 0 aromatic heterocycles. The number of nitrogens with one attached hydrogen (secondary N) is 1. The van der Waals surface area contributed by atoms with Crippen LogP contribution in [0.3, 0.4) is 0 Å². The van der Waals surface area contributed by atoms with Crippen LogP contribution in [0.15, 0.2) is 12.2 Å². The van der Waals surface area contributed by atoms with Crippen molar-refractivity contribution in [2.24, 2.45) is 11.7 Å². The van der Waals surface area contributed by atoms with Crippen LogP contribution in [-0.4, -0.2) is 22.9 Å². The lowest BCUT2D eigenvalue weighted by Crippen LogP contribution is -2.48. The summed E-state index contributed by atoms with van der Waals surface area (Å²) >= 11 is 0. The lowest BCUT2D eigenvalue weighted by atomic mass is 9.85. The van der Waals surface area contributed by atoms with Crippen molar-refractivity contribution in [3.63, 3.8) is 0 Å². The minimum atomic E-state index is -0.621. The van der Waals surface area contributed by atoms with Crippen molar-refractivity contribution >= 4 is 20.0 Å². The van der Waals surface area contributed by atoms with Crippen LogP contribution in [0, 0.1) is 5.92 Å². The van der Waals surface area contributed by atoms with Gasteiger partial charge in [-0.15, -0.1) is 0 Å². The van der Waals surface area contributed by atoms with Crippen LogP contribution in [-0.2, 0) is 9.59 Å². The number of allylic oxidation sites excluding steroid dienone is 2. The predicted octanol–water partition coefficient (Wildman–Crippen LogP) is 2.92. The summed E-state index contributed by atoms with van der Waals surface area (Å²) < 4.78 is 0. The first-order valence-corrected chi connectivity index (χ1v) is 8.89. The van der Waals surface area contributed by atoms with E-state index in [1.807, 2.05) is 20.8 Å². The maximum Gasteiger partial charge on any atom is 0.182 e. The molecule has 120 valence electrons. The first kappa shape index (κ1) is 18.5. The molecule has 1 aliphatic heterocycles. The highest BCUT2D eigenvalue weighted by Crippen LogP contribution is 2.26. The van der Waals surface area contributed by atoms with E-state index in [0.717, 1.165) is 32.1 Å². The topological polar surface area (TPSA) is 72.2 Å². The Bertz CT molecular complexity index is 396. The lowest BCUT2D eigenvalue weighted by Gasteiger charge is -2.31. The zero-order valence-electron chi connectivity index (χ0n) is 13.4. The molecule has 0 radical (unpaired) electrons. The number of nitrogens with two attached hydrogens (primary N) is 1. The van der Waals surface area contributed by atoms with Crippen molar-refractivity contribution in [2.45, 2.75) is 70.9 Å². The third kappa shape index (κ3) is 5.98. The van der Waals surface area contributed by atoms with Crippen LogP contribution in [0.25, 0.3) is 0 Å². The SMILES string of the molecule is CC(C)C(=O)[C@]1(C)CCC/C=C\CCCC(N)C(=O)PN1. The Morgan fingerprint density at radius 3 is 2.62 bits per heavy atom. The number of Topliss-reactive ketones (excluding diaryl/α,β-unsaturated/α-hetero) is 1. The van der Waals surface area contributed by atoms with Gasteiger partial charge < -0.3 is 5.73 Å². The van der Waals surface area contributed by atoms with Crippen LogP contribution >= 0.6 is 8.73 Å². The Morgan fingerprint density at radius 2 is 2.00 bits per heavy atom. The minimum absolute atomic E-state index is 0.0287. The van der Waals surface area contributed by atoms with Gasteiger partial charge in [0.25, 0.3) is 0 Å². The molecule has 0 fully saturated rings. The third-order valence-electron chi connectivity index (χ3n) is 3.97. The van der Waals surface area contributed by atoms with Gasteiger partial charge in [0.05, 0.1) is 11.6 Å². The molecule has 1 rings (SSSR count). The molecule has 0 amide bonds. The summed E-state index contributed by atoms with van der Waals surface area (Å²) in [5, 5.41) is 3.22. The molecule has 0 aliphatic carbocycles. The zero-order chi connectivity index (χ0) is 15.9. The van der Waals surface area contributed by atoms with E-state index in [1.54, 1.807) is 0 Å². The van der Waals surface area contributed by atoms with Crippen molar-refractivity contribution in [1.82, 2.24) is 5.09 Å². The summed E-state index contributed by atoms with van der Waals surface area (Å²) in [7, 11) is -0.0890. The normalized spacial score (nSPS) is 32.2. The van der Waals surface area contributed by atoms with Crippen molar-refractivity contribution in [1.29, 1.82) is 0 Å². The summed E-state index contributed by atoms with van der Waals surface area (Å²) in [6.07, 6.45) is 9.64. The lowest BCUT2D eigenvalue weighted by molar-refractivity contribution is -0.127. The largest absolute Gasteiger partial charge is 0.321 e. The predicted molar refractivity (Wildman–Crippen MR) is 89.5 cm³/mol. The van der Waals surface area contributed by atoms with Gasteiger partial charge in [-0.25, -0.2) is 0 Å². The molecule has 0 saturated carbocycles. The highest BCUT2D eigenvalue weighted by molar-refractivity contribution is 7.56. The molecule has 0 bridgehead atoms. The maximum atomic E-state index is 12.5. The number of carbonyl (C=O) groups excluding carboxylic acids is 2. The second-order valence-corrected chi connectivity index (χ2v) is 7.36. The molecule has 5 heteroatoms. The molecular weight excluding hydrogens is 283 g/mol. The Balaban J connectivity index is 2.82. The van der Waals surface area contributed by atoms with E-state index < -0.39 is 11.6 Å². The molecule has 0 aromatic rings. The average molecular weight is 312 g/mol. The van der Waals surface area contributed by atoms with Crippen molar-refractivity contribution < 1.29 is 9.59 Å². The van der Waals surface area contributed by atoms with E-state index in [2.05, 4.69) is 17.2 Å². The number of hydrogen-bond acceptors (Lipinski definition) is 4. The standard InChI is InChI=1S/C16H29N2O2P/c1-12(2)14(19)16(3)11-9-7-5-4-6-8-10-13(17)15(20)21-18-16/h4-5,12-13,18,21H,6-11,17H2,1-3H3/b5-4-/t13?,16-/m0/s1. The Kier molecular flexibility index (Phi) is 7.72. The quantitative estimate of drug-likeness (QED) is 0.607. The van der Waals surface area contributed by atoms with Gasteiger partial charge in [-0.3, -0.25) is 14.7 Å². The highest BCUT2D eigenvalue weighted by Gasteiger charge is 2.34. The molecule has 0 aromatic carbocycles. The van der Waals surface area contributed by atoms with Crippen LogP contribution in [0.5, 0.6) is 0 Å². The van der Waals surface area contributed by atoms with Gasteiger partial charge in [0.2, 0.25) is 0 Å². The average Bonchev–Trinajstić information content (AvgIpc) is 2.46. The maximum absolute atomic E-state index is 12.5. The van der Waals surface area contributed by atoms with Crippen LogP contribution in [0.2, 0.25) is 0 Å². The fourth-order valence-electron chi connectivity index (χ4n) is 2.57. The van der Waals surface area contributed by atoms with Crippen LogP contribution in [0.1, 0.15) is 59.3 Å². The molecule has 2 unspecified atom stereocenters. The number of rotatable bonds is 2. The van der Waals surface area contributed by atoms with E-state index in [4.69, 9.17) is 5.73 Å². The van der Waals surface area contributed by atoms with Gasteiger partial charge in [0.1, 0.15) is 0 Å². The van der Waals surface area contributed by atoms with E-state index >= 15 is 0 Å². The highest BCUT2D eigenvalue weighted by atomic mass is 31.1. The summed E-state index contributed by atoms with van der Waals surface area (Å²) in [5.41, 5.74) is 5.34. The summed E-state index contributed by atoms with van der Waals surface area (Å²) in [6, 6.07) is -0.414. The van der Waals surface area contributed by atoms with E-state index in [0.29, 0.717) is 6.42 Å². The van der Waals surface area contributed by atoms with Gasteiger partial charge in [-0.05, 0) is 45.4 Å². The van der Waals surface area contributed by atoms with Crippen LogP contribution in [0.4, 0.5) is 0 Å². The van der Waals surface area contributed by atoms with Gasteiger partial charge in [-0.1, -0.05) is 26.0 Å². The van der Waals surface area contributed by atoms with Gasteiger partial charge >= 0.3 is 0 Å². The second-order valence-electron chi connectivity index (χ2n) is 6.37. The Hall–Kier alpha value is -0.570. The first-order chi connectivity index (χ1) is 9.87. The number of carbonyl (C=O) groups is 2. The molecule has 3 N–H and O–H groups in total. The molecule has 0 spiro atoms. The van der Waals surface area contributed by atoms with Gasteiger partial charge in [0, 0.05) is 14.6 Å². The zero-order valence-corrected chi connectivity index (χ0v) is 14.4. The van der Waals surface area contributed by atoms with E-state index in [1.165, 1.54) is 0 Å². The molecular formula is C16H29N2O2P. The van der Waals surface area contributed by atoms with E-state index in [9.17, 15) is 9.59 Å². The van der Waals surface area contributed by atoms with Crippen molar-refractivity contribution in [2.75, 3.05) is 0 Å².